The van der Waals surface area contributed by atoms with Crippen molar-refractivity contribution in [2.75, 3.05) is 20.8 Å². The predicted octanol–water partition coefficient (Wildman–Crippen LogP) is 2.27. The maximum absolute atomic E-state index is 10.9. The lowest BCUT2D eigenvalue weighted by Gasteiger charge is -2.40. The monoisotopic (exact) mass is 296 g/mol. The van der Waals surface area contributed by atoms with Crippen molar-refractivity contribution < 1.29 is 19.3 Å². The highest BCUT2D eigenvalue weighted by Gasteiger charge is 2.43. The van der Waals surface area contributed by atoms with Crippen LogP contribution in [0.15, 0.2) is 6.20 Å². The largest absolute Gasteiger partial charge is 0.480 e. The first-order valence-corrected chi connectivity index (χ1v) is 7.44. The second-order valence-electron chi connectivity index (χ2n) is 5.27. The zero-order chi connectivity index (χ0) is 15.3. The first-order chi connectivity index (χ1) is 10.2. The molecule has 118 valence electrons. The number of aliphatic hydroxyl groups excluding tert-OH is 1. The van der Waals surface area contributed by atoms with E-state index in [-0.39, 0.29) is 5.88 Å². The summed E-state index contributed by atoms with van der Waals surface area (Å²) in [5, 5.41) is 10.9. The third kappa shape index (κ3) is 3.27. The first-order valence-electron chi connectivity index (χ1n) is 7.44. The number of hydrogen-bond donors (Lipinski definition) is 1. The van der Waals surface area contributed by atoms with E-state index in [1.165, 1.54) is 26.8 Å². The van der Waals surface area contributed by atoms with Crippen molar-refractivity contribution >= 4 is 0 Å². The summed E-state index contributed by atoms with van der Waals surface area (Å²) in [7, 11) is 3.02. The Labute approximate surface area is 125 Å². The van der Waals surface area contributed by atoms with E-state index in [9.17, 15) is 5.11 Å². The van der Waals surface area contributed by atoms with Gasteiger partial charge in [0.15, 0.2) is 0 Å². The summed E-state index contributed by atoms with van der Waals surface area (Å²) in [4.78, 5) is 8.47. The molecular formula is C15H24N2O4. The summed E-state index contributed by atoms with van der Waals surface area (Å²) in [5.74, 6) is 0.642. The third-order valence-electron chi connectivity index (χ3n) is 4.04. The normalized spacial score (nSPS) is 19.0. The molecule has 1 aliphatic carbocycles. The molecule has 0 aliphatic heterocycles. The van der Waals surface area contributed by atoms with E-state index in [2.05, 4.69) is 9.97 Å². The quantitative estimate of drug-likeness (QED) is 0.868. The Hall–Kier alpha value is -1.40. The molecule has 1 heterocycles. The predicted molar refractivity (Wildman–Crippen MR) is 77.5 cm³/mol. The van der Waals surface area contributed by atoms with Gasteiger partial charge in [0.05, 0.1) is 26.0 Å². The van der Waals surface area contributed by atoms with E-state index in [0.717, 1.165) is 25.7 Å². The summed E-state index contributed by atoms with van der Waals surface area (Å²) in [6.45, 7) is 2.50. The third-order valence-corrected chi connectivity index (χ3v) is 4.04. The van der Waals surface area contributed by atoms with Gasteiger partial charge < -0.3 is 19.3 Å². The molecule has 0 bridgehead atoms. The summed E-state index contributed by atoms with van der Waals surface area (Å²) in [5.41, 5.74) is -0.183. The zero-order valence-electron chi connectivity index (χ0n) is 13.0. The van der Waals surface area contributed by atoms with E-state index in [1.54, 1.807) is 0 Å². The van der Waals surface area contributed by atoms with Crippen LogP contribution in [0, 0.1) is 0 Å². The van der Waals surface area contributed by atoms with Crippen molar-refractivity contribution in [3.05, 3.63) is 11.9 Å². The highest BCUT2D eigenvalue weighted by Crippen LogP contribution is 2.42. The molecule has 21 heavy (non-hydrogen) atoms. The topological polar surface area (TPSA) is 73.7 Å². The van der Waals surface area contributed by atoms with Crippen molar-refractivity contribution in [3.63, 3.8) is 0 Å². The molecule has 1 aromatic rings. The fourth-order valence-electron chi connectivity index (χ4n) is 2.99. The molecule has 1 fully saturated rings. The van der Waals surface area contributed by atoms with E-state index in [4.69, 9.17) is 14.2 Å². The van der Waals surface area contributed by atoms with E-state index >= 15 is 0 Å². The number of ether oxygens (including phenoxy) is 3. The van der Waals surface area contributed by atoms with Gasteiger partial charge in [-0.2, -0.15) is 4.98 Å². The van der Waals surface area contributed by atoms with Gasteiger partial charge in [0.2, 0.25) is 11.8 Å². The number of methoxy groups -OCH3 is 2. The molecule has 0 spiro atoms. The van der Waals surface area contributed by atoms with E-state index in [0.29, 0.717) is 18.2 Å². The van der Waals surface area contributed by atoms with E-state index < -0.39 is 11.7 Å². The number of aromatic nitrogens is 2. The molecule has 0 radical (unpaired) electrons. The molecule has 0 aromatic carbocycles. The molecular weight excluding hydrogens is 272 g/mol. The van der Waals surface area contributed by atoms with Gasteiger partial charge in [-0.25, -0.2) is 4.98 Å². The Bertz CT molecular complexity index is 455. The van der Waals surface area contributed by atoms with Gasteiger partial charge >= 0.3 is 0 Å². The number of aliphatic hydroxyl groups is 1. The Balaban J connectivity index is 2.33. The van der Waals surface area contributed by atoms with Crippen molar-refractivity contribution in [1.82, 2.24) is 9.97 Å². The van der Waals surface area contributed by atoms with Crippen molar-refractivity contribution in [2.45, 2.75) is 50.7 Å². The highest BCUT2D eigenvalue weighted by atomic mass is 16.5. The lowest BCUT2D eigenvalue weighted by atomic mass is 9.79. The number of nitrogens with zero attached hydrogens (tertiary/aromatic N) is 2. The van der Waals surface area contributed by atoms with Crippen LogP contribution in [0.5, 0.6) is 11.8 Å². The smallest absolute Gasteiger partial charge is 0.241 e. The van der Waals surface area contributed by atoms with Gasteiger partial charge in [-0.3, -0.25) is 0 Å². The minimum absolute atomic E-state index is 0.284. The Morgan fingerprint density at radius 1 is 1.24 bits per heavy atom. The van der Waals surface area contributed by atoms with Crippen molar-refractivity contribution in [3.8, 4) is 11.8 Å². The fourth-order valence-corrected chi connectivity index (χ4v) is 2.99. The second kappa shape index (κ2) is 7.04. The summed E-state index contributed by atoms with van der Waals surface area (Å²) in [6.07, 6.45) is 5.53. The molecule has 1 aliphatic rings. The number of rotatable bonds is 6. The van der Waals surface area contributed by atoms with Crippen LogP contribution in [0.3, 0.4) is 0 Å². The summed E-state index contributed by atoms with van der Waals surface area (Å²) in [6, 6.07) is 0. The Kier molecular flexibility index (Phi) is 5.36. The van der Waals surface area contributed by atoms with Crippen LogP contribution >= 0.6 is 0 Å². The molecule has 1 unspecified atom stereocenters. The highest BCUT2D eigenvalue weighted by molar-refractivity contribution is 5.27. The average molecular weight is 296 g/mol. The molecule has 1 atom stereocenters. The molecule has 2 rings (SSSR count). The molecule has 0 amide bonds. The van der Waals surface area contributed by atoms with Crippen molar-refractivity contribution in [1.29, 1.82) is 0 Å². The van der Waals surface area contributed by atoms with Crippen LogP contribution in [0.2, 0.25) is 0 Å². The average Bonchev–Trinajstić information content (AvgIpc) is 2.54. The van der Waals surface area contributed by atoms with Crippen LogP contribution in [-0.4, -0.2) is 41.5 Å². The standard InChI is InChI=1S/C15H24N2O4/c1-4-21-15(8-6-5-7-9-15)13(18)12-14(20-3)17-11(19-2)10-16-12/h10,13,18H,4-9H2,1-3H3. The van der Waals surface area contributed by atoms with Gasteiger partial charge in [-0.05, 0) is 19.8 Å². The van der Waals surface area contributed by atoms with Gasteiger partial charge in [0, 0.05) is 6.61 Å². The van der Waals surface area contributed by atoms with Crippen LogP contribution in [0.1, 0.15) is 50.8 Å². The molecule has 1 saturated carbocycles. The maximum atomic E-state index is 10.9. The molecule has 6 heteroatoms. The Morgan fingerprint density at radius 3 is 2.52 bits per heavy atom. The van der Waals surface area contributed by atoms with Crippen LogP contribution in [0.25, 0.3) is 0 Å². The molecule has 6 nitrogen and oxygen atoms in total. The van der Waals surface area contributed by atoms with Gasteiger partial charge in [-0.1, -0.05) is 19.3 Å². The van der Waals surface area contributed by atoms with Crippen LogP contribution < -0.4 is 9.47 Å². The molecule has 1 N–H and O–H groups in total. The first kappa shape index (κ1) is 16.0. The van der Waals surface area contributed by atoms with Gasteiger partial charge in [0.1, 0.15) is 11.8 Å². The molecule has 1 aromatic heterocycles. The van der Waals surface area contributed by atoms with Gasteiger partial charge in [-0.15, -0.1) is 0 Å². The summed E-state index contributed by atoms with van der Waals surface area (Å²) < 4.78 is 16.2. The lowest BCUT2D eigenvalue weighted by Crippen LogP contribution is -2.42. The SMILES string of the molecule is CCOC1(C(O)c2ncc(OC)nc2OC)CCCCC1. The maximum Gasteiger partial charge on any atom is 0.241 e. The van der Waals surface area contributed by atoms with Crippen LogP contribution in [0.4, 0.5) is 0 Å². The Morgan fingerprint density at radius 2 is 1.95 bits per heavy atom. The lowest BCUT2D eigenvalue weighted by molar-refractivity contribution is -0.143. The number of hydrogen-bond acceptors (Lipinski definition) is 6. The minimum atomic E-state index is -0.855. The summed E-state index contributed by atoms with van der Waals surface area (Å²) >= 11 is 0. The van der Waals surface area contributed by atoms with Crippen LogP contribution in [-0.2, 0) is 4.74 Å². The second-order valence-corrected chi connectivity index (χ2v) is 5.27. The van der Waals surface area contributed by atoms with Crippen molar-refractivity contribution in [2.24, 2.45) is 0 Å². The van der Waals surface area contributed by atoms with Gasteiger partial charge in [0.25, 0.3) is 0 Å². The molecule has 0 saturated heterocycles. The minimum Gasteiger partial charge on any atom is -0.480 e. The zero-order valence-corrected chi connectivity index (χ0v) is 13.0. The van der Waals surface area contributed by atoms with E-state index in [1.807, 2.05) is 6.92 Å². The fraction of sp³-hybridized carbons (Fsp3) is 0.733.